The van der Waals surface area contributed by atoms with E-state index in [0.717, 1.165) is 13.1 Å². The van der Waals surface area contributed by atoms with Gasteiger partial charge in [0.1, 0.15) is 0 Å². The van der Waals surface area contributed by atoms with E-state index >= 15 is 0 Å². The number of hydrogen-bond acceptors (Lipinski definition) is 4. The van der Waals surface area contributed by atoms with Gasteiger partial charge in [0, 0.05) is 12.1 Å². The molecule has 0 N–H and O–H groups in total. The molecule has 0 spiro atoms. The Morgan fingerprint density at radius 3 is 2.14 bits per heavy atom. The van der Waals surface area contributed by atoms with Crippen LogP contribution in [0.2, 0.25) is 0 Å². The van der Waals surface area contributed by atoms with Crippen molar-refractivity contribution in [2.75, 3.05) is 37.7 Å². The zero-order valence-electron chi connectivity index (χ0n) is 13.6. The largest absolute Gasteiger partial charge is 0.298 e. The second-order valence-corrected chi connectivity index (χ2v) is 8.22. The first-order chi connectivity index (χ1) is 10.6. The molecule has 0 saturated carbocycles. The van der Waals surface area contributed by atoms with E-state index in [1.807, 2.05) is 13.8 Å². The second-order valence-electron chi connectivity index (χ2n) is 6.07. The van der Waals surface area contributed by atoms with Crippen LogP contribution in [-0.4, -0.2) is 68.0 Å². The minimum absolute atomic E-state index is 0.0183. The molecule has 0 aromatic carbocycles. The van der Waals surface area contributed by atoms with Crippen LogP contribution in [0.25, 0.3) is 0 Å². The molecule has 0 aliphatic carbocycles. The average Bonchev–Trinajstić information content (AvgIpc) is 2.84. The highest BCUT2D eigenvalue weighted by Gasteiger charge is 2.43. The molecule has 2 saturated heterocycles. The summed E-state index contributed by atoms with van der Waals surface area (Å²) in [6.07, 6.45) is 3.60. The minimum Gasteiger partial charge on any atom is -0.298 e. The van der Waals surface area contributed by atoms with Gasteiger partial charge in [-0.25, -0.2) is 8.42 Å². The number of piperidine rings is 1. The van der Waals surface area contributed by atoms with E-state index in [2.05, 4.69) is 33.5 Å². The van der Waals surface area contributed by atoms with Crippen LogP contribution in [0.3, 0.4) is 0 Å². The second kappa shape index (κ2) is 8.02. The van der Waals surface area contributed by atoms with Crippen molar-refractivity contribution in [3.05, 3.63) is 0 Å². The number of hydrogen-bond donors (Lipinski definition) is 0. The Kier molecular flexibility index (Phi) is 6.32. The molecule has 0 amide bonds. The third-order valence-corrected chi connectivity index (χ3v) is 6.24. The topological polar surface area (TPSA) is 40.6 Å². The maximum Gasteiger partial charge on any atom is 0.153 e. The maximum atomic E-state index is 12.2. The maximum absolute atomic E-state index is 12.2. The summed E-state index contributed by atoms with van der Waals surface area (Å²) in [6, 6.07) is 0.118. The highest BCUT2D eigenvalue weighted by Crippen LogP contribution is 2.25. The molecule has 2 atom stereocenters. The summed E-state index contributed by atoms with van der Waals surface area (Å²) in [5.41, 5.74) is 0. The number of sulfone groups is 1. The summed E-state index contributed by atoms with van der Waals surface area (Å²) in [6.45, 7) is 6.85. The number of rotatable bonds is 4. The number of nitrogens with zero attached hydrogens (tertiary/aromatic N) is 2. The molecule has 0 aromatic heterocycles. The lowest BCUT2D eigenvalue weighted by molar-refractivity contribution is 0.107. The van der Waals surface area contributed by atoms with Crippen molar-refractivity contribution in [2.45, 2.75) is 45.2 Å². The first-order valence-corrected chi connectivity index (χ1v) is 9.87. The summed E-state index contributed by atoms with van der Waals surface area (Å²) in [4.78, 5) is 4.53. The zero-order chi connectivity index (χ0) is 16.0. The molecule has 0 bridgehead atoms. The minimum atomic E-state index is -2.97. The van der Waals surface area contributed by atoms with E-state index in [-0.39, 0.29) is 23.6 Å². The van der Waals surface area contributed by atoms with Crippen molar-refractivity contribution in [2.24, 2.45) is 0 Å². The summed E-state index contributed by atoms with van der Waals surface area (Å²) in [5, 5.41) is 0. The molecule has 2 aliphatic rings. The van der Waals surface area contributed by atoms with Crippen LogP contribution in [0, 0.1) is 23.7 Å². The fourth-order valence-corrected chi connectivity index (χ4v) is 5.45. The van der Waals surface area contributed by atoms with Gasteiger partial charge < -0.3 is 0 Å². The van der Waals surface area contributed by atoms with Crippen molar-refractivity contribution in [1.29, 1.82) is 0 Å². The molecule has 2 rings (SSSR count). The molecule has 2 unspecified atom stereocenters. The Balaban J connectivity index is 2.19. The van der Waals surface area contributed by atoms with Crippen LogP contribution in [0.4, 0.5) is 0 Å². The Morgan fingerprint density at radius 1 is 1.00 bits per heavy atom. The molecule has 2 fully saturated rings. The van der Waals surface area contributed by atoms with Gasteiger partial charge in [0.05, 0.1) is 24.6 Å². The van der Waals surface area contributed by atoms with Crippen molar-refractivity contribution in [3.8, 4) is 23.7 Å². The van der Waals surface area contributed by atoms with Gasteiger partial charge in [-0.15, -0.1) is 11.8 Å². The summed E-state index contributed by atoms with van der Waals surface area (Å²) < 4.78 is 24.4. The molecule has 22 heavy (non-hydrogen) atoms. The van der Waals surface area contributed by atoms with Crippen LogP contribution in [0.1, 0.15) is 33.1 Å². The molecule has 2 aliphatic heterocycles. The van der Waals surface area contributed by atoms with Crippen molar-refractivity contribution in [1.82, 2.24) is 9.80 Å². The molecule has 2 heterocycles. The summed E-state index contributed by atoms with van der Waals surface area (Å²) in [7, 11) is -2.97. The van der Waals surface area contributed by atoms with E-state index in [1.165, 1.54) is 19.3 Å². The van der Waals surface area contributed by atoms with Crippen molar-refractivity contribution >= 4 is 9.84 Å². The van der Waals surface area contributed by atoms with Gasteiger partial charge in [-0.3, -0.25) is 9.80 Å². The fraction of sp³-hybridized carbons (Fsp3) is 0.765. The monoisotopic (exact) mass is 322 g/mol. The Morgan fingerprint density at radius 2 is 1.59 bits per heavy atom. The van der Waals surface area contributed by atoms with Crippen LogP contribution in [-0.2, 0) is 9.84 Å². The molecular weight excluding hydrogens is 296 g/mol. The smallest absolute Gasteiger partial charge is 0.153 e. The van der Waals surface area contributed by atoms with Crippen LogP contribution >= 0.6 is 0 Å². The molecule has 0 radical (unpaired) electrons. The first kappa shape index (κ1) is 17.3. The standard InChI is InChI=1S/C17H26N2O2S/c1-3-5-10-18(11-6-4-2)16-14-22(20,21)15-17(16)19-12-8-7-9-13-19/h16-17H,7-15H2,1-2H3. The molecule has 122 valence electrons. The first-order valence-electron chi connectivity index (χ1n) is 8.05. The quantitative estimate of drug-likeness (QED) is 0.724. The SMILES string of the molecule is CC#CCN(CC#CC)C1CS(=O)(=O)CC1N1CCCCC1. The van der Waals surface area contributed by atoms with E-state index in [4.69, 9.17) is 0 Å². The third-order valence-electron chi connectivity index (χ3n) is 4.54. The lowest BCUT2D eigenvalue weighted by Crippen LogP contribution is -2.52. The Hall–Kier alpha value is -1.01. The highest BCUT2D eigenvalue weighted by atomic mass is 32.2. The van der Waals surface area contributed by atoms with Crippen LogP contribution < -0.4 is 0 Å². The van der Waals surface area contributed by atoms with Crippen molar-refractivity contribution in [3.63, 3.8) is 0 Å². The molecule has 0 aromatic rings. The van der Waals surface area contributed by atoms with E-state index < -0.39 is 9.84 Å². The van der Waals surface area contributed by atoms with Gasteiger partial charge in [-0.2, -0.15) is 0 Å². The van der Waals surface area contributed by atoms with Gasteiger partial charge in [0.15, 0.2) is 9.84 Å². The predicted octanol–water partition coefficient (Wildman–Crippen LogP) is 0.987. The van der Waals surface area contributed by atoms with Gasteiger partial charge >= 0.3 is 0 Å². The van der Waals surface area contributed by atoms with Gasteiger partial charge in [-0.05, 0) is 39.8 Å². The van der Waals surface area contributed by atoms with E-state index in [9.17, 15) is 8.42 Å². The van der Waals surface area contributed by atoms with Gasteiger partial charge in [-0.1, -0.05) is 18.3 Å². The normalized spacial score (nSPS) is 27.8. The average molecular weight is 322 g/mol. The van der Waals surface area contributed by atoms with Gasteiger partial charge in [0.2, 0.25) is 0 Å². The Bertz CT molecular complexity index is 564. The summed E-state index contributed by atoms with van der Waals surface area (Å²) in [5.74, 6) is 12.5. The lowest BCUT2D eigenvalue weighted by atomic mass is 10.0. The molecular formula is C17H26N2O2S. The highest BCUT2D eigenvalue weighted by molar-refractivity contribution is 7.91. The van der Waals surface area contributed by atoms with Crippen LogP contribution in [0.15, 0.2) is 0 Å². The zero-order valence-corrected chi connectivity index (χ0v) is 14.5. The van der Waals surface area contributed by atoms with E-state index in [0.29, 0.717) is 13.1 Å². The third kappa shape index (κ3) is 4.49. The lowest BCUT2D eigenvalue weighted by Gasteiger charge is -2.38. The Labute approximate surface area is 135 Å². The summed E-state index contributed by atoms with van der Waals surface area (Å²) >= 11 is 0. The van der Waals surface area contributed by atoms with Gasteiger partial charge in [0.25, 0.3) is 0 Å². The van der Waals surface area contributed by atoms with E-state index in [1.54, 1.807) is 0 Å². The number of likely N-dealkylation sites (tertiary alicyclic amines) is 1. The predicted molar refractivity (Wildman–Crippen MR) is 90.1 cm³/mol. The molecule has 4 nitrogen and oxygen atoms in total. The molecule has 5 heteroatoms. The van der Waals surface area contributed by atoms with Crippen molar-refractivity contribution < 1.29 is 8.42 Å². The fourth-order valence-electron chi connectivity index (χ4n) is 3.41. The van der Waals surface area contributed by atoms with Crippen LogP contribution in [0.5, 0.6) is 0 Å².